The fourth-order valence-electron chi connectivity index (χ4n) is 2.61. The third-order valence-corrected chi connectivity index (χ3v) is 4.04. The molecule has 7 nitrogen and oxygen atoms in total. The Morgan fingerprint density at radius 1 is 1.15 bits per heavy atom. The molecule has 0 aliphatic rings. The maximum Gasteiger partial charge on any atom is 0.274 e. The number of fused-ring (bicyclic) bond motifs is 1. The van der Waals surface area contributed by atoms with Gasteiger partial charge < -0.3 is 10.1 Å². The van der Waals surface area contributed by atoms with Crippen LogP contribution in [0.5, 0.6) is 5.75 Å². The summed E-state index contributed by atoms with van der Waals surface area (Å²) < 4.78 is 7.02. The van der Waals surface area contributed by atoms with Gasteiger partial charge in [0.15, 0.2) is 0 Å². The molecule has 0 saturated heterocycles. The molecule has 2 heterocycles. The van der Waals surface area contributed by atoms with Gasteiger partial charge in [0, 0.05) is 12.6 Å². The molecule has 138 valence electrons. The minimum Gasteiger partial charge on any atom is -0.494 e. The molecule has 0 unspecified atom stereocenters. The third kappa shape index (κ3) is 4.41. The number of H-pyrrole nitrogens is 1. The largest absolute Gasteiger partial charge is 0.494 e. The number of aromatic amines is 1. The number of unbranched alkanes of at least 4 members (excludes halogenated alkanes) is 1. The highest BCUT2D eigenvalue weighted by molar-refractivity contribution is 5.38. The van der Waals surface area contributed by atoms with E-state index in [1.807, 2.05) is 24.3 Å². The second kappa shape index (κ2) is 8.51. The van der Waals surface area contributed by atoms with Crippen molar-refractivity contribution in [2.75, 3.05) is 11.9 Å². The van der Waals surface area contributed by atoms with E-state index in [2.05, 4.69) is 34.2 Å². The molecule has 0 atom stereocenters. The Hall–Kier alpha value is -2.83. The first-order valence-corrected chi connectivity index (χ1v) is 9.14. The number of hydrogen-bond donors (Lipinski definition) is 2. The Labute approximate surface area is 152 Å². The standard InChI is InChI=1S/C19H25N5O2/c1-3-5-11-26-16-9-7-14(8-10-16)13-20-18-22-19-21-15(6-4-2)12-17(25)24(19)23-18/h7-10,12H,3-6,11,13H2,1-2H3,(H2,20,21,22,23). The lowest BCUT2D eigenvalue weighted by Gasteiger charge is -2.07. The lowest BCUT2D eigenvalue weighted by Crippen LogP contribution is -2.15. The molecule has 1 aromatic carbocycles. The Morgan fingerprint density at radius 3 is 2.69 bits per heavy atom. The van der Waals surface area contributed by atoms with E-state index < -0.39 is 0 Å². The minimum atomic E-state index is -0.146. The summed E-state index contributed by atoms with van der Waals surface area (Å²) in [6.07, 6.45) is 3.89. The van der Waals surface area contributed by atoms with Crippen LogP contribution in [0, 0.1) is 0 Å². The zero-order valence-electron chi connectivity index (χ0n) is 15.3. The van der Waals surface area contributed by atoms with Crippen molar-refractivity contribution in [2.45, 2.75) is 46.1 Å². The summed E-state index contributed by atoms with van der Waals surface area (Å²) in [7, 11) is 0. The normalized spacial score (nSPS) is 11.0. The van der Waals surface area contributed by atoms with Crippen molar-refractivity contribution in [3.05, 3.63) is 51.9 Å². The van der Waals surface area contributed by atoms with E-state index in [1.165, 1.54) is 4.52 Å². The maximum atomic E-state index is 12.1. The first-order valence-electron chi connectivity index (χ1n) is 9.14. The van der Waals surface area contributed by atoms with Crippen LogP contribution in [-0.2, 0) is 13.0 Å². The average molecular weight is 355 g/mol. The van der Waals surface area contributed by atoms with Crippen LogP contribution >= 0.6 is 0 Å². The highest BCUT2D eigenvalue weighted by Crippen LogP contribution is 2.14. The van der Waals surface area contributed by atoms with Crippen molar-refractivity contribution < 1.29 is 4.74 Å². The second-order valence-electron chi connectivity index (χ2n) is 6.24. The van der Waals surface area contributed by atoms with Crippen LogP contribution in [0.1, 0.15) is 44.4 Å². The Balaban J connectivity index is 1.64. The molecule has 3 aromatic rings. The molecule has 3 rings (SSSR count). The van der Waals surface area contributed by atoms with Crippen LogP contribution in [-0.4, -0.2) is 26.2 Å². The molecule has 0 aliphatic carbocycles. The van der Waals surface area contributed by atoms with Gasteiger partial charge in [0.1, 0.15) is 5.75 Å². The fraction of sp³-hybridized carbons (Fsp3) is 0.421. The van der Waals surface area contributed by atoms with E-state index in [9.17, 15) is 4.79 Å². The second-order valence-corrected chi connectivity index (χ2v) is 6.24. The van der Waals surface area contributed by atoms with Crippen LogP contribution in [0.4, 0.5) is 5.95 Å². The van der Waals surface area contributed by atoms with Gasteiger partial charge >= 0.3 is 0 Å². The van der Waals surface area contributed by atoms with E-state index >= 15 is 0 Å². The smallest absolute Gasteiger partial charge is 0.274 e. The van der Waals surface area contributed by atoms with Crippen molar-refractivity contribution in [3.63, 3.8) is 0 Å². The molecule has 26 heavy (non-hydrogen) atoms. The molecule has 0 fully saturated rings. The first kappa shape index (κ1) is 18.0. The van der Waals surface area contributed by atoms with Crippen molar-refractivity contribution in [1.82, 2.24) is 19.6 Å². The highest BCUT2D eigenvalue weighted by atomic mass is 16.5. The van der Waals surface area contributed by atoms with E-state index in [0.717, 1.165) is 49.3 Å². The number of nitrogens with zero attached hydrogens (tertiary/aromatic N) is 3. The highest BCUT2D eigenvalue weighted by Gasteiger charge is 2.07. The number of aryl methyl sites for hydroxylation is 1. The number of anilines is 1. The van der Waals surface area contributed by atoms with Gasteiger partial charge in [-0.2, -0.15) is 9.50 Å². The van der Waals surface area contributed by atoms with Gasteiger partial charge in [-0.3, -0.25) is 9.89 Å². The van der Waals surface area contributed by atoms with Crippen LogP contribution in [0.3, 0.4) is 0 Å². The zero-order valence-corrected chi connectivity index (χ0v) is 15.3. The van der Waals surface area contributed by atoms with Gasteiger partial charge in [-0.1, -0.05) is 38.8 Å². The number of benzene rings is 1. The quantitative estimate of drug-likeness (QED) is 0.576. The SMILES string of the molecule is CCCCOc1ccc(CNc2nc3nc(CCC)cc(=O)n3[nH]2)cc1. The molecule has 0 amide bonds. The van der Waals surface area contributed by atoms with Gasteiger partial charge in [0.2, 0.25) is 5.95 Å². The average Bonchev–Trinajstić information content (AvgIpc) is 3.05. The summed E-state index contributed by atoms with van der Waals surface area (Å²) in [5.41, 5.74) is 1.72. The summed E-state index contributed by atoms with van der Waals surface area (Å²) >= 11 is 0. The Morgan fingerprint density at radius 2 is 1.96 bits per heavy atom. The molecule has 0 aliphatic heterocycles. The maximum absolute atomic E-state index is 12.1. The van der Waals surface area contributed by atoms with Gasteiger partial charge in [0.25, 0.3) is 11.3 Å². The Bertz CT molecular complexity index is 898. The van der Waals surface area contributed by atoms with Crippen molar-refractivity contribution in [1.29, 1.82) is 0 Å². The predicted molar refractivity (Wildman–Crippen MR) is 102 cm³/mol. The van der Waals surface area contributed by atoms with Crippen LogP contribution in [0.25, 0.3) is 5.78 Å². The number of hydrogen-bond acceptors (Lipinski definition) is 5. The zero-order chi connectivity index (χ0) is 18.4. The van der Waals surface area contributed by atoms with E-state index in [4.69, 9.17) is 4.74 Å². The molecule has 2 aromatic heterocycles. The summed E-state index contributed by atoms with van der Waals surface area (Å²) in [5.74, 6) is 1.79. The van der Waals surface area contributed by atoms with Crippen LogP contribution in [0.2, 0.25) is 0 Å². The van der Waals surface area contributed by atoms with E-state index in [-0.39, 0.29) is 5.56 Å². The van der Waals surface area contributed by atoms with Crippen LogP contribution in [0.15, 0.2) is 35.1 Å². The molecule has 0 bridgehead atoms. The summed E-state index contributed by atoms with van der Waals surface area (Å²) in [4.78, 5) is 20.9. The summed E-state index contributed by atoms with van der Waals surface area (Å²) in [6, 6.07) is 9.51. The van der Waals surface area contributed by atoms with Gasteiger partial charge in [-0.25, -0.2) is 4.98 Å². The lowest BCUT2D eigenvalue weighted by atomic mass is 10.2. The Kier molecular flexibility index (Phi) is 5.88. The van der Waals surface area contributed by atoms with E-state index in [1.54, 1.807) is 6.07 Å². The minimum absolute atomic E-state index is 0.146. The topological polar surface area (TPSA) is 84.3 Å². The molecular formula is C19H25N5O2. The van der Waals surface area contributed by atoms with Crippen molar-refractivity contribution >= 4 is 11.7 Å². The summed E-state index contributed by atoms with van der Waals surface area (Å²) in [5, 5.41) is 6.14. The molecule has 7 heteroatoms. The first-order chi connectivity index (χ1) is 12.7. The number of ether oxygens (including phenoxy) is 1. The molecule has 2 N–H and O–H groups in total. The van der Waals surface area contributed by atoms with Gasteiger partial charge in [0.05, 0.1) is 12.3 Å². The molecule has 0 saturated carbocycles. The van der Waals surface area contributed by atoms with Gasteiger partial charge in [-0.15, -0.1) is 0 Å². The molecule has 0 radical (unpaired) electrons. The van der Waals surface area contributed by atoms with Crippen LogP contribution < -0.4 is 15.6 Å². The predicted octanol–water partition coefficient (Wildman–Crippen LogP) is 3.16. The van der Waals surface area contributed by atoms with Crippen molar-refractivity contribution in [2.24, 2.45) is 0 Å². The fourth-order valence-corrected chi connectivity index (χ4v) is 2.61. The monoisotopic (exact) mass is 355 g/mol. The molecule has 0 spiro atoms. The number of nitrogens with one attached hydrogen (secondary N) is 2. The summed E-state index contributed by atoms with van der Waals surface area (Å²) in [6.45, 7) is 5.53. The van der Waals surface area contributed by atoms with Gasteiger partial charge in [-0.05, 0) is 30.5 Å². The third-order valence-electron chi connectivity index (χ3n) is 4.04. The number of rotatable bonds is 9. The van der Waals surface area contributed by atoms with E-state index in [0.29, 0.717) is 18.3 Å². The molecular weight excluding hydrogens is 330 g/mol. The number of aromatic nitrogens is 4. The lowest BCUT2D eigenvalue weighted by molar-refractivity contribution is 0.309. The van der Waals surface area contributed by atoms with Crippen molar-refractivity contribution in [3.8, 4) is 5.75 Å².